The average Bonchev–Trinajstić information content (AvgIpc) is 3.31. The largest absolute Gasteiger partial charge is 0.330 e. The van der Waals surface area contributed by atoms with Gasteiger partial charge in [-0.05, 0) is 53.8 Å². The molecule has 4 rings (SSSR count). The SMILES string of the molecule is Cc1ccc(CCC(=O)N2CCc3sccc3C2c2cccs2)cc1. The number of amides is 1. The molecule has 0 aliphatic carbocycles. The number of thiophene rings is 2. The highest BCUT2D eigenvalue weighted by atomic mass is 32.1. The lowest BCUT2D eigenvalue weighted by Crippen LogP contribution is -2.39. The Hall–Kier alpha value is -1.91. The zero-order valence-electron chi connectivity index (χ0n) is 14.3. The van der Waals surface area contributed by atoms with E-state index in [4.69, 9.17) is 0 Å². The predicted molar refractivity (Wildman–Crippen MR) is 105 cm³/mol. The van der Waals surface area contributed by atoms with Gasteiger partial charge in [0.05, 0.1) is 6.04 Å². The van der Waals surface area contributed by atoms with E-state index < -0.39 is 0 Å². The fraction of sp³-hybridized carbons (Fsp3) is 0.286. The second-order valence-corrected chi connectivity index (χ2v) is 8.52. The summed E-state index contributed by atoms with van der Waals surface area (Å²) in [6.45, 7) is 2.91. The van der Waals surface area contributed by atoms with Crippen molar-refractivity contribution in [3.05, 3.63) is 79.7 Å². The van der Waals surface area contributed by atoms with E-state index in [9.17, 15) is 4.79 Å². The van der Waals surface area contributed by atoms with E-state index in [1.54, 1.807) is 11.3 Å². The van der Waals surface area contributed by atoms with Crippen LogP contribution in [0.3, 0.4) is 0 Å². The molecule has 0 saturated heterocycles. The third kappa shape index (κ3) is 3.42. The molecule has 0 bridgehead atoms. The maximum atomic E-state index is 13.0. The van der Waals surface area contributed by atoms with Crippen LogP contribution >= 0.6 is 22.7 Å². The Morgan fingerprint density at radius 1 is 1.12 bits per heavy atom. The van der Waals surface area contributed by atoms with Crippen molar-refractivity contribution < 1.29 is 4.79 Å². The van der Waals surface area contributed by atoms with Gasteiger partial charge in [-0.25, -0.2) is 0 Å². The Balaban J connectivity index is 1.53. The summed E-state index contributed by atoms with van der Waals surface area (Å²) in [4.78, 5) is 17.8. The number of fused-ring (bicyclic) bond motifs is 1. The first-order valence-electron chi connectivity index (χ1n) is 8.67. The lowest BCUT2D eigenvalue weighted by atomic mass is 9.97. The number of aryl methyl sites for hydroxylation is 2. The first kappa shape index (κ1) is 16.6. The number of carbonyl (C=O) groups excluding carboxylic acids is 1. The van der Waals surface area contributed by atoms with Gasteiger partial charge in [0, 0.05) is 22.7 Å². The zero-order chi connectivity index (χ0) is 17.2. The molecule has 0 N–H and O–H groups in total. The van der Waals surface area contributed by atoms with Gasteiger partial charge in [0.15, 0.2) is 0 Å². The first-order valence-corrected chi connectivity index (χ1v) is 10.4. The number of hydrogen-bond acceptors (Lipinski definition) is 3. The summed E-state index contributed by atoms with van der Waals surface area (Å²) in [5, 5.41) is 4.26. The highest BCUT2D eigenvalue weighted by molar-refractivity contribution is 7.10. The molecule has 0 fully saturated rings. The second-order valence-electron chi connectivity index (χ2n) is 6.54. The molecular weight excluding hydrogens is 346 g/mol. The standard InChI is InChI=1S/C21H21NOS2/c1-15-4-6-16(7-5-15)8-9-20(23)22-12-10-18-17(11-14-25-18)21(22)19-3-2-13-24-19/h2-7,11,13-14,21H,8-10,12H2,1H3. The van der Waals surface area contributed by atoms with Crippen LogP contribution in [0.1, 0.15) is 38.9 Å². The van der Waals surface area contributed by atoms with Crippen molar-refractivity contribution in [3.8, 4) is 0 Å². The Morgan fingerprint density at radius 3 is 2.72 bits per heavy atom. The molecule has 128 valence electrons. The van der Waals surface area contributed by atoms with Crippen LogP contribution in [0, 0.1) is 6.92 Å². The number of carbonyl (C=O) groups is 1. The highest BCUT2D eigenvalue weighted by Crippen LogP contribution is 2.39. The molecule has 1 unspecified atom stereocenters. The first-order chi connectivity index (χ1) is 12.2. The van der Waals surface area contributed by atoms with E-state index >= 15 is 0 Å². The molecule has 1 aliphatic rings. The topological polar surface area (TPSA) is 20.3 Å². The van der Waals surface area contributed by atoms with Gasteiger partial charge in [0.25, 0.3) is 0 Å². The summed E-state index contributed by atoms with van der Waals surface area (Å²) in [6.07, 6.45) is 2.36. The smallest absolute Gasteiger partial charge is 0.223 e. The molecule has 0 saturated carbocycles. The zero-order valence-corrected chi connectivity index (χ0v) is 15.9. The van der Waals surface area contributed by atoms with Crippen molar-refractivity contribution in [1.29, 1.82) is 0 Å². The minimum absolute atomic E-state index is 0.0977. The van der Waals surface area contributed by atoms with Gasteiger partial charge in [-0.2, -0.15) is 0 Å². The fourth-order valence-corrected chi connectivity index (χ4v) is 5.25. The summed E-state index contributed by atoms with van der Waals surface area (Å²) in [5.41, 5.74) is 3.82. The van der Waals surface area contributed by atoms with Gasteiger partial charge in [-0.1, -0.05) is 35.9 Å². The summed E-state index contributed by atoms with van der Waals surface area (Å²) in [6, 6.07) is 15.0. The van der Waals surface area contributed by atoms with Crippen LogP contribution in [0.4, 0.5) is 0 Å². The van der Waals surface area contributed by atoms with Gasteiger partial charge in [-0.15, -0.1) is 22.7 Å². The van der Waals surface area contributed by atoms with Crippen molar-refractivity contribution in [2.75, 3.05) is 6.54 Å². The van der Waals surface area contributed by atoms with Crippen LogP contribution in [0.2, 0.25) is 0 Å². The number of nitrogens with zero attached hydrogens (tertiary/aromatic N) is 1. The van der Waals surface area contributed by atoms with Gasteiger partial charge >= 0.3 is 0 Å². The normalized spacial score (nSPS) is 16.7. The summed E-state index contributed by atoms with van der Waals surface area (Å²) in [7, 11) is 0. The Morgan fingerprint density at radius 2 is 1.96 bits per heavy atom. The van der Waals surface area contributed by atoms with Crippen molar-refractivity contribution in [3.63, 3.8) is 0 Å². The molecule has 0 radical (unpaired) electrons. The Bertz CT molecular complexity index is 848. The predicted octanol–water partition coefficient (Wildman–Crippen LogP) is 5.22. The van der Waals surface area contributed by atoms with Crippen LogP contribution in [0.15, 0.2) is 53.2 Å². The van der Waals surface area contributed by atoms with E-state index in [1.807, 2.05) is 11.3 Å². The van der Waals surface area contributed by atoms with Crippen molar-refractivity contribution in [1.82, 2.24) is 4.90 Å². The van der Waals surface area contributed by atoms with E-state index in [-0.39, 0.29) is 11.9 Å². The minimum Gasteiger partial charge on any atom is -0.330 e. The Labute approximate surface area is 156 Å². The molecule has 1 atom stereocenters. The van der Waals surface area contributed by atoms with Crippen LogP contribution in [0.25, 0.3) is 0 Å². The molecule has 1 amide bonds. The molecule has 4 heteroatoms. The molecule has 3 heterocycles. The van der Waals surface area contributed by atoms with Crippen LogP contribution in [-0.4, -0.2) is 17.4 Å². The van der Waals surface area contributed by atoms with E-state index in [0.717, 1.165) is 19.4 Å². The van der Waals surface area contributed by atoms with Gasteiger partial charge in [0.2, 0.25) is 5.91 Å². The second kappa shape index (κ2) is 7.14. The average molecular weight is 368 g/mol. The minimum atomic E-state index is 0.0977. The quantitative estimate of drug-likeness (QED) is 0.619. The molecule has 1 aliphatic heterocycles. The lowest BCUT2D eigenvalue weighted by molar-refractivity contribution is -0.133. The number of hydrogen-bond donors (Lipinski definition) is 0. The van der Waals surface area contributed by atoms with E-state index in [0.29, 0.717) is 6.42 Å². The molecule has 1 aromatic carbocycles. The molecular formula is C21H21NOS2. The van der Waals surface area contributed by atoms with Crippen molar-refractivity contribution in [2.24, 2.45) is 0 Å². The lowest BCUT2D eigenvalue weighted by Gasteiger charge is -2.35. The number of benzene rings is 1. The van der Waals surface area contributed by atoms with Crippen molar-refractivity contribution in [2.45, 2.75) is 32.2 Å². The summed E-state index contributed by atoms with van der Waals surface area (Å²) < 4.78 is 0. The summed E-state index contributed by atoms with van der Waals surface area (Å²) >= 11 is 3.56. The maximum absolute atomic E-state index is 13.0. The molecule has 25 heavy (non-hydrogen) atoms. The van der Waals surface area contributed by atoms with Crippen molar-refractivity contribution >= 4 is 28.6 Å². The highest BCUT2D eigenvalue weighted by Gasteiger charge is 2.32. The summed E-state index contributed by atoms with van der Waals surface area (Å²) in [5.74, 6) is 0.260. The third-order valence-corrected chi connectivity index (χ3v) is 6.77. The van der Waals surface area contributed by atoms with Crippen LogP contribution in [-0.2, 0) is 17.6 Å². The maximum Gasteiger partial charge on any atom is 0.223 e. The molecule has 2 aromatic heterocycles. The fourth-order valence-electron chi connectivity index (χ4n) is 3.49. The van der Waals surface area contributed by atoms with Gasteiger partial charge in [-0.3, -0.25) is 4.79 Å². The van der Waals surface area contributed by atoms with E-state index in [2.05, 4.69) is 65.0 Å². The monoisotopic (exact) mass is 367 g/mol. The molecule has 0 spiro atoms. The van der Waals surface area contributed by atoms with Gasteiger partial charge in [0.1, 0.15) is 0 Å². The molecule has 3 aromatic rings. The van der Waals surface area contributed by atoms with Crippen LogP contribution in [0.5, 0.6) is 0 Å². The number of rotatable bonds is 4. The van der Waals surface area contributed by atoms with Crippen LogP contribution < -0.4 is 0 Å². The van der Waals surface area contributed by atoms with Gasteiger partial charge < -0.3 is 4.90 Å². The van der Waals surface area contributed by atoms with E-state index in [1.165, 1.54) is 26.4 Å². The third-order valence-electron chi connectivity index (χ3n) is 4.85. The Kier molecular flexibility index (Phi) is 4.73. The molecule has 2 nitrogen and oxygen atoms in total.